The van der Waals surface area contributed by atoms with Crippen LogP contribution >= 0.6 is 27.7 Å². The van der Waals surface area contributed by atoms with Crippen molar-refractivity contribution in [1.29, 1.82) is 0 Å². The molecular formula is C17H28BrNS. The summed E-state index contributed by atoms with van der Waals surface area (Å²) < 4.78 is 1.15. The quantitative estimate of drug-likeness (QED) is 0.536. The van der Waals surface area contributed by atoms with Gasteiger partial charge in [-0.25, -0.2) is 0 Å². The highest BCUT2D eigenvalue weighted by atomic mass is 79.9. The number of hydrogen-bond donors (Lipinski definition) is 1. The van der Waals surface area contributed by atoms with E-state index in [0.29, 0.717) is 6.04 Å². The van der Waals surface area contributed by atoms with Crippen molar-refractivity contribution >= 4 is 27.7 Å². The molecule has 114 valence electrons. The topological polar surface area (TPSA) is 12.0 Å². The van der Waals surface area contributed by atoms with Crippen LogP contribution < -0.4 is 5.32 Å². The van der Waals surface area contributed by atoms with Gasteiger partial charge >= 0.3 is 0 Å². The van der Waals surface area contributed by atoms with Gasteiger partial charge in [-0.2, -0.15) is 0 Å². The van der Waals surface area contributed by atoms with Gasteiger partial charge in [0.2, 0.25) is 0 Å². The molecule has 0 aliphatic rings. The number of nitrogens with one attached hydrogen (secondary N) is 1. The van der Waals surface area contributed by atoms with E-state index in [0.717, 1.165) is 16.1 Å². The van der Waals surface area contributed by atoms with Gasteiger partial charge in [-0.05, 0) is 43.7 Å². The molecular weight excluding hydrogens is 330 g/mol. The Morgan fingerprint density at radius 1 is 1.20 bits per heavy atom. The summed E-state index contributed by atoms with van der Waals surface area (Å²) in [6, 6.07) is 9.23. The van der Waals surface area contributed by atoms with Crippen LogP contribution in [0.25, 0.3) is 0 Å². The van der Waals surface area contributed by atoms with Crippen LogP contribution in [0.4, 0.5) is 0 Å². The number of thioether (sulfide) groups is 1. The van der Waals surface area contributed by atoms with E-state index < -0.39 is 0 Å². The molecule has 2 unspecified atom stereocenters. The van der Waals surface area contributed by atoms with Gasteiger partial charge in [0.05, 0.1) is 0 Å². The van der Waals surface area contributed by atoms with Crippen LogP contribution in [0.3, 0.4) is 0 Å². The Morgan fingerprint density at radius 3 is 2.45 bits per heavy atom. The second-order valence-electron chi connectivity index (χ2n) is 5.40. The maximum atomic E-state index is 3.49. The van der Waals surface area contributed by atoms with E-state index in [1.807, 2.05) is 11.8 Å². The Kier molecular flexibility index (Phi) is 9.66. The molecule has 0 aliphatic heterocycles. The highest BCUT2D eigenvalue weighted by Crippen LogP contribution is 2.24. The molecule has 0 aliphatic carbocycles. The smallest absolute Gasteiger partial charge is 0.0176 e. The first-order chi connectivity index (χ1) is 9.69. The Hall–Kier alpha value is 0.01000. The van der Waals surface area contributed by atoms with Crippen molar-refractivity contribution in [3.8, 4) is 0 Å². The second-order valence-corrected chi connectivity index (χ2v) is 7.41. The van der Waals surface area contributed by atoms with Gasteiger partial charge < -0.3 is 5.32 Å². The van der Waals surface area contributed by atoms with Crippen molar-refractivity contribution in [2.45, 2.75) is 56.9 Å². The Labute approximate surface area is 137 Å². The average Bonchev–Trinajstić information content (AvgIpc) is 2.48. The zero-order valence-electron chi connectivity index (χ0n) is 13.0. The van der Waals surface area contributed by atoms with Crippen molar-refractivity contribution in [1.82, 2.24) is 5.32 Å². The van der Waals surface area contributed by atoms with E-state index in [9.17, 15) is 0 Å². The van der Waals surface area contributed by atoms with Crippen LogP contribution in [-0.2, 0) is 0 Å². The van der Waals surface area contributed by atoms with Gasteiger partial charge in [-0.15, -0.1) is 11.8 Å². The van der Waals surface area contributed by atoms with Crippen molar-refractivity contribution in [3.63, 3.8) is 0 Å². The van der Waals surface area contributed by atoms with Gasteiger partial charge in [0.15, 0.2) is 0 Å². The van der Waals surface area contributed by atoms with Gasteiger partial charge in [0.1, 0.15) is 0 Å². The minimum absolute atomic E-state index is 0.616. The molecule has 0 aromatic heterocycles. The maximum absolute atomic E-state index is 3.49. The summed E-state index contributed by atoms with van der Waals surface area (Å²) in [7, 11) is 2.10. The highest BCUT2D eigenvalue weighted by molar-refractivity contribution is 9.10. The molecule has 1 aromatic carbocycles. The summed E-state index contributed by atoms with van der Waals surface area (Å²) in [6.07, 6.45) is 6.68. The minimum atomic E-state index is 0.616. The molecule has 0 saturated heterocycles. The van der Waals surface area contributed by atoms with Crippen molar-refractivity contribution in [3.05, 3.63) is 28.7 Å². The number of benzene rings is 1. The molecule has 3 heteroatoms. The minimum Gasteiger partial charge on any atom is -0.316 e. The molecule has 1 nitrogen and oxygen atoms in total. The first-order valence-corrected chi connectivity index (χ1v) is 9.53. The SMILES string of the molecule is CCCCC(CC)CC(CSc1ccc(Br)cc1)NC. The summed E-state index contributed by atoms with van der Waals surface area (Å²) in [5, 5.41) is 3.49. The van der Waals surface area contributed by atoms with E-state index in [2.05, 4.69) is 66.4 Å². The van der Waals surface area contributed by atoms with Crippen molar-refractivity contribution in [2.75, 3.05) is 12.8 Å². The van der Waals surface area contributed by atoms with E-state index in [1.54, 1.807) is 0 Å². The molecule has 0 saturated carbocycles. The van der Waals surface area contributed by atoms with Gasteiger partial charge in [-0.1, -0.05) is 55.5 Å². The molecule has 0 bridgehead atoms. The van der Waals surface area contributed by atoms with E-state index in [4.69, 9.17) is 0 Å². The summed E-state index contributed by atoms with van der Waals surface area (Å²) in [5.74, 6) is 2.03. The number of halogens is 1. The van der Waals surface area contributed by atoms with E-state index in [-0.39, 0.29) is 0 Å². The molecule has 1 rings (SSSR count). The van der Waals surface area contributed by atoms with Crippen molar-refractivity contribution < 1.29 is 0 Å². The molecule has 0 radical (unpaired) electrons. The van der Waals surface area contributed by atoms with Crippen molar-refractivity contribution in [2.24, 2.45) is 5.92 Å². The molecule has 2 atom stereocenters. The molecule has 20 heavy (non-hydrogen) atoms. The molecule has 0 amide bonds. The Bertz CT molecular complexity index is 353. The monoisotopic (exact) mass is 357 g/mol. The van der Waals surface area contributed by atoms with Crippen LogP contribution in [0.2, 0.25) is 0 Å². The Balaban J connectivity index is 2.39. The van der Waals surface area contributed by atoms with Gasteiger partial charge in [0.25, 0.3) is 0 Å². The largest absolute Gasteiger partial charge is 0.316 e. The number of hydrogen-bond acceptors (Lipinski definition) is 2. The third kappa shape index (κ3) is 7.14. The fourth-order valence-electron chi connectivity index (χ4n) is 2.38. The summed E-state index contributed by atoms with van der Waals surface area (Å²) in [6.45, 7) is 4.61. The van der Waals surface area contributed by atoms with E-state index >= 15 is 0 Å². The fourth-order valence-corrected chi connectivity index (χ4v) is 3.67. The fraction of sp³-hybridized carbons (Fsp3) is 0.647. The first kappa shape index (κ1) is 18.1. The predicted molar refractivity (Wildman–Crippen MR) is 95.6 cm³/mol. The lowest BCUT2D eigenvalue weighted by Crippen LogP contribution is -2.30. The normalized spacial score (nSPS) is 14.2. The summed E-state index contributed by atoms with van der Waals surface area (Å²) in [4.78, 5) is 1.36. The second kappa shape index (κ2) is 10.7. The molecule has 0 spiro atoms. The maximum Gasteiger partial charge on any atom is 0.0176 e. The lowest BCUT2D eigenvalue weighted by atomic mass is 9.93. The summed E-state index contributed by atoms with van der Waals surface area (Å²) in [5.41, 5.74) is 0. The number of rotatable bonds is 10. The van der Waals surface area contributed by atoms with Crippen LogP contribution in [0.1, 0.15) is 46.0 Å². The van der Waals surface area contributed by atoms with Crippen LogP contribution in [0.5, 0.6) is 0 Å². The summed E-state index contributed by atoms with van der Waals surface area (Å²) >= 11 is 5.44. The molecule has 1 aromatic rings. The van der Waals surface area contributed by atoms with Crippen LogP contribution in [0.15, 0.2) is 33.6 Å². The zero-order valence-corrected chi connectivity index (χ0v) is 15.4. The standard InChI is InChI=1S/C17H28BrNS/c1-4-6-7-14(5-2)12-16(19-3)13-20-17-10-8-15(18)9-11-17/h8-11,14,16,19H,4-7,12-13H2,1-3H3. The molecule has 0 heterocycles. The first-order valence-electron chi connectivity index (χ1n) is 7.75. The molecule has 1 N–H and O–H groups in total. The lowest BCUT2D eigenvalue weighted by Gasteiger charge is -2.22. The third-order valence-electron chi connectivity index (χ3n) is 3.83. The van der Waals surface area contributed by atoms with Crippen LogP contribution in [-0.4, -0.2) is 18.8 Å². The predicted octanol–water partition coefficient (Wildman–Crippen LogP) is 5.74. The Morgan fingerprint density at radius 2 is 1.90 bits per heavy atom. The van der Waals surface area contributed by atoms with Crippen LogP contribution in [0, 0.1) is 5.92 Å². The molecule has 0 fully saturated rings. The highest BCUT2D eigenvalue weighted by Gasteiger charge is 2.14. The van der Waals surface area contributed by atoms with Gasteiger partial charge in [-0.3, -0.25) is 0 Å². The van der Waals surface area contributed by atoms with E-state index in [1.165, 1.54) is 37.0 Å². The average molecular weight is 358 g/mol. The third-order valence-corrected chi connectivity index (χ3v) is 5.54. The zero-order chi connectivity index (χ0) is 14.8. The van der Waals surface area contributed by atoms with Gasteiger partial charge in [0, 0.05) is 21.2 Å². The number of unbranched alkanes of at least 4 members (excludes halogenated alkanes) is 1. The lowest BCUT2D eigenvalue weighted by molar-refractivity contribution is 0.375.